The van der Waals surface area contributed by atoms with Crippen LogP contribution in [-0.2, 0) is 20.5 Å². The van der Waals surface area contributed by atoms with Gasteiger partial charge in [-0.05, 0) is 43.2 Å². The van der Waals surface area contributed by atoms with E-state index in [4.69, 9.17) is 4.74 Å². The molecular formula is C27H29F3N4O3. The number of carbonyl (C=O) groups is 2. The number of carbonyl (C=O) groups excluding carboxylic acids is 2. The monoisotopic (exact) mass is 514 g/mol. The summed E-state index contributed by atoms with van der Waals surface area (Å²) in [6, 6.07) is 10.2. The second-order valence-electron chi connectivity index (χ2n) is 9.79. The molecule has 196 valence electrons. The summed E-state index contributed by atoms with van der Waals surface area (Å²) < 4.78 is 45.8. The van der Waals surface area contributed by atoms with Crippen LogP contribution < -0.4 is 10.2 Å². The van der Waals surface area contributed by atoms with Crippen LogP contribution in [0, 0.1) is 36.5 Å². The van der Waals surface area contributed by atoms with Crippen molar-refractivity contribution in [3.8, 4) is 6.07 Å². The molecule has 10 heteroatoms. The average Bonchev–Trinajstić information content (AvgIpc) is 3.10. The Bertz CT molecular complexity index is 1230. The second-order valence-corrected chi connectivity index (χ2v) is 9.79. The number of ether oxygens (including phenoxy) is 1. The van der Waals surface area contributed by atoms with E-state index < -0.39 is 29.0 Å². The van der Waals surface area contributed by atoms with Crippen LogP contribution in [0.1, 0.15) is 29.2 Å². The molecule has 2 saturated heterocycles. The van der Waals surface area contributed by atoms with Crippen LogP contribution in [0.5, 0.6) is 0 Å². The summed E-state index contributed by atoms with van der Waals surface area (Å²) in [5, 5.41) is 11.9. The Labute approximate surface area is 213 Å². The number of anilines is 2. The highest BCUT2D eigenvalue weighted by Crippen LogP contribution is 2.43. The lowest BCUT2D eigenvalue weighted by Crippen LogP contribution is -2.53. The number of nitrogens with zero attached hydrogens (tertiary/aromatic N) is 3. The first kappa shape index (κ1) is 26.6. The van der Waals surface area contributed by atoms with Crippen molar-refractivity contribution in [2.45, 2.75) is 26.9 Å². The summed E-state index contributed by atoms with van der Waals surface area (Å²) in [6.07, 6.45) is -4.69. The van der Waals surface area contributed by atoms with Crippen molar-refractivity contribution in [2.75, 3.05) is 49.6 Å². The molecule has 4 rings (SSSR count). The largest absolute Gasteiger partial charge is 0.416 e. The summed E-state index contributed by atoms with van der Waals surface area (Å²) in [7, 11) is 0. The van der Waals surface area contributed by atoms with Gasteiger partial charge in [-0.25, -0.2) is 0 Å². The minimum Gasteiger partial charge on any atom is -0.379 e. The van der Waals surface area contributed by atoms with Crippen molar-refractivity contribution < 1.29 is 27.5 Å². The van der Waals surface area contributed by atoms with E-state index in [-0.39, 0.29) is 30.2 Å². The van der Waals surface area contributed by atoms with E-state index in [2.05, 4.69) is 5.32 Å². The van der Waals surface area contributed by atoms with E-state index in [0.29, 0.717) is 26.3 Å². The SMILES string of the molecule is Cc1cccc(C)c1N1C[C@@](CN2CCOCC2)(C(=O)Nc2cc(C#N)cc(C(F)(F)F)c2)[C@H](C)C1=O. The van der Waals surface area contributed by atoms with E-state index in [0.717, 1.165) is 28.9 Å². The highest BCUT2D eigenvalue weighted by molar-refractivity contribution is 6.08. The highest BCUT2D eigenvalue weighted by Gasteiger charge is 2.56. The summed E-state index contributed by atoms with van der Waals surface area (Å²) >= 11 is 0. The van der Waals surface area contributed by atoms with Crippen molar-refractivity contribution in [1.29, 1.82) is 5.26 Å². The molecule has 0 aliphatic carbocycles. The van der Waals surface area contributed by atoms with Gasteiger partial charge in [0.05, 0.1) is 41.7 Å². The van der Waals surface area contributed by atoms with E-state index in [1.807, 2.05) is 36.9 Å². The fraction of sp³-hybridized carbons (Fsp3) is 0.444. The van der Waals surface area contributed by atoms with Crippen molar-refractivity contribution in [3.63, 3.8) is 0 Å². The second kappa shape index (κ2) is 10.1. The van der Waals surface area contributed by atoms with Crippen molar-refractivity contribution in [3.05, 3.63) is 58.7 Å². The van der Waals surface area contributed by atoms with E-state index >= 15 is 0 Å². The molecule has 2 amide bonds. The molecule has 2 aromatic rings. The number of morpholine rings is 1. The van der Waals surface area contributed by atoms with Gasteiger partial charge in [-0.15, -0.1) is 0 Å². The predicted molar refractivity (Wildman–Crippen MR) is 132 cm³/mol. The molecule has 2 heterocycles. The number of hydrogen-bond acceptors (Lipinski definition) is 5. The Hall–Kier alpha value is -3.42. The maximum absolute atomic E-state index is 14.0. The van der Waals surface area contributed by atoms with Crippen LogP contribution in [0.25, 0.3) is 0 Å². The Morgan fingerprint density at radius 2 is 1.84 bits per heavy atom. The lowest BCUT2D eigenvalue weighted by atomic mass is 9.77. The third-order valence-electron chi connectivity index (χ3n) is 7.32. The fourth-order valence-corrected chi connectivity index (χ4v) is 5.26. The lowest BCUT2D eigenvalue weighted by Gasteiger charge is -2.37. The Morgan fingerprint density at radius 3 is 2.43 bits per heavy atom. The maximum Gasteiger partial charge on any atom is 0.416 e. The molecule has 0 bridgehead atoms. The molecule has 2 atom stereocenters. The van der Waals surface area contributed by atoms with Crippen molar-refractivity contribution in [2.24, 2.45) is 11.3 Å². The first-order valence-corrected chi connectivity index (χ1v) is 12.1. The number of nitrogens with one attached hydrogen (secondary N) is 1. The zero-order valence-electron chi connectivity index (χ0n) is 21.0. The summed E-state index contributed by atoms with van der Waals surface area (Å²) in [4.78, 5) is 31.3. The van der Waals surface area contributed by atoms with Crippen LogP contribution in [0.3, 0.4) is 0 Å². The first-order valence-electron chi connectivity index (χ1n) is 12.1. The van der Waals surface area contributed by atoms with Gasteiger partial charge < -0.3 is 15.0 Å². The maximum atomic E-state index is 14.0. The normalized spacial score (nSPS) is 22.7. The summed E-state index contributed by atoms with van der Waals surface area (Å²) in [5.41, 5.74) is -0.120. The Kier molecular flexibility index (Phi) is 7.31. The Balaban J connectivity index is 1.74. The summed E-state index contributed by atoms with van der Waals surface area (Å²) in [6.45, 7) is 7.92. The van der Waals surface area contributed by atoms with Gasteiger partial charge in [0.2, 0.25) is 11.8 Å². The topological polar surface area (TPSA) is 85.7 Å². The first-order chi connectivity index (χ1) is 17.5. The van der Waals surface area contributed by atoms with Gasteiger partial charge in [0.15, 0.2) is 0 Å². The molecule has 2 fully saturated rings. The number of rotatable bonds is 5. The van der Waals surface area contributed by atoms with Crippen LogP contribution >= 0.6 is 0 Å². The highest BCUT2D eigenvalue weighted by atomic mass is 19.4. The van der Waals surface area contributed by atoms with E-state index in [9.17, 15) is 28.0 Å². The molecule has 2 aliphatic rings. The number of amides is 2. The van der Waals surface area contributed by atoms with Gasteiger partial charge in [0.1, 0.15) is 0 Å². The fourth-order valence-electron chi connectivity index (χ4n) is 5.26. The number of hydrogen-bond donors (Lipinski definition) is 1. The van der Waals surface area contributed by atoms with Crippen LogP contribution in [-0.4, -0.2) is 56.1 Å². The van der Waals surface area contributed by atoms with Gasteiger partial charge in [-0.2, -0.15) is 18.4 Å². The van der Waals surface area contributed by atoms with E-state index in [1.54, 1.807) is 17.9 Å². The van der Waals surface area contributed by atoms with Gasteiger partial charge in [-0.1, -0.05) is 25.1 Å². The number of alkyl halides is 3. The number of para-hydroxylation sites is 1. The Morgan fingerprint density at radius 1 is 1.19 bits per heavy atom. The standard InChI is InChI=1S/C27H29F3N4O3/c1-17-5-4-6-18(2)23(17)34-16-26(19(3)24(34)35,15-33-7-9-37-10-8-33)25(36)32-22-12-20(14-31)11-21(13-22)27(28,29)30/h4-6,11-13,19H,7-10,15-16H2,1-3H3,(H,32,36)/t19-,26-/m1/s1. The molecule has 0 aromatic heterocycles. The van der Waals surface area contributed by atoms with Gasteiger partial charge in [0, 0.05) is 37.6 Å². The minimum absolute atomic E-state index is 0.0753. The quantitative estimate of drug-likeness (QED) is 0.649. The lowest BCUT2D eigenvalue weighted by molar-refractivity contribution is -0.137. The van der Waals surface area contributed by atoms with Crippen molar-refractivity contribution in [1.82, 2.24) is 4.90 Å². The van der Waals surface area contributed by atoms with Gasteiger partial charge in [-0.3, -0.25) is 14.5 Å². The molecule has 2 aromatic carbocycles. The molecule has 0 spiro atoms. The minimum atomic E-state index is -4.69. The van der Waals surface area contributed by atoms with Gasteiger partial charge >= 0.3 is 6.18 Å². The third-order valence-corrected chi connectivity index (χ3v) is 7.32. The number of halogens is 3. The van der Waals surface area contributed by atoms with Crippen LogP contribution in [0.4, 0.5) is 24.5 Å². The molecule has 0 unspecified atom stereocenters. The number of benzene rings is 2. The summed E-state index contributed by atoms with van der Waals surface area (Å²) in [5.74, 6) is -1.52. The third kappa shape index (κ3) is 5.20. The number of aryl methyl sites for hydroxylation is 2. The molecule has 0 saturated carbocycles. The predicted octanol–water partition coefficient (Wildman–Crippen LogP) is 4.13. The molecule has 0 radical (unpaired) electrons. The number of nitriles is 1. The molecule has 7 nitrogen and oxygen atoms in total. The molecule has 1 N–H and O–H groups in total. The zero-order chi connectivity index (χ0) is 27.0. The molecular weight excluding hydrogens is 485 g/mol. The van der Waals surface area contributed by atoms with Crippen LogP contribution in [0.2, 0.25) is 0 Å². The van der Waals surface area contributed by atoms with Crippen LogP contribution in [0.15, 0.2) is 36.4 Å². The van der Waals surface area contributed by atoms with Gasteiger partial charge in [0.25, 0.3) is 0 Å². The van der Waals surface area contributed by atoms with E-state index in [1.165, 1.54) is 6.07 Å². The van der Waals surface area contributed by atoms with Crippen molar-refractivity contribution >= 4 is 23.2 Å². The molecule has 37 heavy (non-hydrogen) atoms. The average molecular weight is 515 g/mol. The zero-order valence-corrected chi connectivity index (χ0v) is 21.0. The molecule has 2 aliphatic heterocycles. The smallest absolute Gasteiger partial charge is 0.379 e.